The number of hydrogen-bond donors (Lipinski definition) is 3. The van der Waals surface area contributed by atoms with Gasteiger partial charge in [-0.05, 0) is 24.6 Å². The summed E-state index contributed by atoms with van der Waals surface area (Å²) in [6, 6.07) is 3.54. The zero-order chi connectivity index (χ0) is 10.1. The SMILES string of the molecule is Cc1cc2[nH]ncc2cc1OB(O)O. The van der Waals surface area contributed by atoms with Crippen molar-refractivity contribution in [1.82, 2.24) is 10.2 Å². The van der Waals surface area contributed by atoms with Crippen LogP contribution >= 0.6 is 0 Å². The topological polar surface area (TPSA) is 78.4 Å². The first-order valence-corrected chi connectivity index (χ1v) is 4.13. The van der Waals surface area contributed by atoms with Crippen LogP contribution in [-0.4, -0.2) is 27.6 Å². The second kappa shape index (κ2) is 3.32. The number of hydrogen-bond acceptors (Lipinski definition) is 4. The number of aromatic amines is 1. The van der Waals surface area contributed by atoms with Crippen LogP contribution in [0.3, 0.4) is 0 Å². The zero-order valence-electron chi connectivity index (χ0n) is 7.56. The number of aryl methyl sites for hydroxylation is 1. The second-order valence-electron chi connectivity index (χ2n) is 3.02. The normalized spacial score (nSPS) is 10.5. The Labute approximate surface area is 80.5 Å². The third-order valence-corrected chi connectivity index (χ3v) is 1.97. The molecule has 0 spiro atoms. The summed E-state index contributed by atoms with van der Waals surface area (Å²) in [5, 5.41) is 24.9. The lowest BCUT2D eigenvalue weighted by atomic mass is 10.1. The Kier molecular flexibility index (Phi) is 2.15. The fourth-order valence-corrected chi connectivity index (χ4v) is 1.32. The van der Waals surface area contributed by atoms with Gasteiger partial charge in [0.25, 0.3) is 0 Å². The number of H-pyrrole nitrogens is 1. The lowest BCUT2D eigenvalue weighted by Crippen LogP contribution is -2.20. The van der Waals surface area contributed by atoms with Gasteiger partial charge in [0.1, 0.15) is 5.75 Å². The van der Waals surface area contributed by atoms with Crippen molar-refractivity contribution in [2.24, 2.45) is 0 Å². The summed E-state index contributed by atoms with van der Waals surface area (Å²) in [6.45, 7) is 1.82. The first kappa shape index (κ1) is 9.05. The molecule has 0 bridgehead atoms. The van der Waals surface area contributed by atoms with Gasteiger partial charge in [0.2, 0.25) is 0 Å². The minimum absolute atomic E-state index is 0.439. The number of fused-ring (bicyclic) bond motifs is 1. The molecule has 5 nitrogen and oxygen atoms in total. The van der Waals surface area contributed by atoms with Crippen molar-refractivity contribution in [3.63, 3.8) is 0 Å². The van der Waals surface area contributed by atoms with Gasteiger partial charge in [-0.15, -0.1) is 0 Å². The maximum Gasteiger partial charge on any atom is 0.707 e. The Morgan fingerprint density at radius 1 is 1.43 bits per heavy atom. The summed E-state index contributed by atoms with van der Waals surface area (Å²) in [7, 11) is -1.79. The standard InChI is InChI=1S/C8H9BN2O3/c1-5-2-7-6(4-10-11-7)3-8(5)14-9(12)13/h2-4,12-13H,1H3,(H,10,11). The number of nitrogens with zero attached hydrogens (tertiary/aromatic N) is 1. The first-order chi connectivity index (χ1) is 6.66. The molecular weight excluding hydrogens is 183 g/mol. The van der Waals surface area contributed by atoms with Gasteiger partial charge in [-0.25, -0.2) is 0 Å². The van der Waals surface area contributed by atoms with E-state index in [1.807, 2.05) is 13.0 Å². The fourth-order valence-electron chi connectivity index (χ4n) is 1.32. The molecule has 2 aromatic rings. The van der Waals surface area contributed by atoms with Crippen molar-refractivity contribution < 1.29 is 14.7 Å². The smallest absolute Gasteiger partial charge is 0.512 e. The lowest BCUT2D eigenvalue weighted by molar-refractivity contribution is 0.287. The van der Waals surface area contributed by atoms with Crippen molar-refractivity contribution in [1.29, 1.82) is 0 Å². The van der Waals surface area contributed by atoms with Crippen LogP contribution in [0.2, 0.25) is 0 Å². The number of nitrogens with one attached hydrogen (secondary N) is 1. The summed E-state index contributed by atoms with van der Waals surface area (Å²) < 4.78 is 4.79. The number of aromatic nitrogens is 2. The molecule has 72 valence electrons. The molecule has 0 unspecified atom stereocenters. The van der Waals surface area contributed by atoms with Crippen molar-refractivity contribution in [3.05, 3.63) is 23.9 Å². The van der Waals surface area contributed by atoms with Crippen LogP contribution in [0.5, 0.6) is 5.75 Å². The van der Waals surface area contributed by atoms with E-state index >= 15 is 0 Å². The molecule has 0 aliphatic heterocycles. The van der Waals surface area contributed by atoms with Gasteiger partial charge < -0.3 is 14.7 Å². The van der Waals surface area contributed by atoms with E-state index in [1.54, 1.807) is 12.3 Å². The molecule has 1 heterocycles. The molecule has 6 heteroatoms. The van der Waals surface area contributed by atoms with Crippen LogP contribution in [0.25, 0.3) is 10.9 Å². The van der Waals surface area contributed by atoms with E-state index in [4.69, 9.17) is 14.7 Å². The first-order valence-electron chi connectivity index (χ1n) is 4.13. The predicted octanol–water partition coefficient (Wildman–Crippen LogP) is 0.220. The van der Waals surface area contributed by atoms with Crippen molar-refractivity contribution in [2.75, 3.05) is 0 Å². The minimum atomic E-state index is -1.79. The van der Waals surface area contributed by atoms with Gasteiger partial charge in [-0.2, -0.15) is 5.10 Å². The van der Waals surface area contributed by atoms with E-state index in [9.17, 15) is 0 Å². The van der Waals surface area contributed by atoms with Gasteiger partial charge in [0.05, 0.1) is 11.7 Å². The molecule has 0 amide bonds. The van der Waals surface area contributed by atoms with Crippen LogP contribution in [0, 0.1) is 6.92 Å². The highest BCUT2D eigenvalue weighted by molar-refractivity contribution is 6.33. The molecule has 0 aliphatic carbocycles. The average molecular weight is 192 g/mol. The average Bonchev–Trinajstić information content (AvgIpc) is 2.51. The van der Waals surface area contributed by atoms with Crippen LogP contribution < -0.4 is 4.65 Å². The second-order valence-corrected chi connectivity index (χ2v) is 3.02. The Morgan fingerprint density at radius 2 is 2.21 bits per heavy atom. The third kappa shape index (κ3) is 1.57. The zero-order valence-corrected chi connectivity index (χ0v) is 7.56. The van der Waals surface area contributed by atoms with Gasteiger partial charge in [0.15, 0.2) is 0 Å². The maximum absolute atomic E-state index is 8.66. The quantitative estimate of drug-likeness (QED) is 0.594. The summed E-state index contributed by atoms with van der Waals surface area (Å²) in [6.07, 6.45) is 1.64. The van der Waals surface area contributed by atoms with Crippen LogP contribution in [0.4, 0.5) is 0 Å². The van der Waals surface area contributed by atoms with E-state index in [-0.39, 0.29) is 0 Å². The molecule has 0 radical (unpaired) electrons. The van der Waals surface area contributed by atoms with Crippen molar-refractivity contribution >= 4 is 18.2 Å². The molecule has 0 saturated carbocycles. The van der Waals surface area contributed by atoms with E-state index < -0.39 is 7.32 Å². The monoisotopic (exact) mass is 192 g/mol. The maximum atomic E-state index is 8.66. The molecule has 0 aliphatic rings. The summed E-state index contributed by atoms with van der Waals surface area (Å²) in [4.78, 5) is 0. The van der Waals surface area contributed by atoms with Gasteiger partial charge in [0, 0.05) is 5.39 Å². The van der Waals surface area contributed by atoms with E-state index in [0.717, 1.165) is 16.5 Å². The summed E-state index contributed by atoms with van der Waals surface area (Å²) >= 11 is 0. The van der Waals surface area contributed by atoms with E-state index in [2.05, 4.69) is 10.2 Å². The Morgan fingerprint density at radius 3 is 2.93 bits per heavy atom. The minimum Gasteiger partial charge on any atom is -0.512 e. The van der Waals surface area contributed by atoms with Crippen molar-refractivity contribution in [2.45, 2.75) is 6.92 Å². The Bertz CT molecular complexity index is 455. The lowest BCUT2D eigenvalue weighted by Gasteiger charge is -2.07. The molecule has 1 aromatic carbocycles. The molecule has 1 aromatic heterocycles. The van der Waals surface area contributed by atoms with Crippen LogP contribution in [-0.2, 0) is 0 Å². The fraction of sp³-hybridized carbons (Fsp3) is 0.125. The number of benzene rings is 1. The van der Waals surface area contributed by atoms with Crippen LogP contribution in [0.15, 0.2) is 18.3 Å². The molecule has 14 heavy (non-hydrogen) atoms. The van der Waals surface area contributed by atoms with Crippen LogP contribution in [0.1, 0.15) is 5.56 Å². The Hall–Kier alpha value is -1.53. The highest BCUT2D eigenvalue weighted by Gasteiger charge is 2.13. The number of rotatable bonds is 2. The molecule has 0 saturated heterocycles. The van der Waals surface area contributed by atoms with Gasteiger partial charge in [-0.1, -0.05) is 0 Å². The molecule has 0 atom stereocenters. The molecular formula is C8H9BN2O3. The predicted molar refractivity (Wildman–Crippen MR) is 51.7 cm³/mol. The summed E-state index contributed by atoms with van der Waals surface area (Å²) in [5.74, 6) is 0.439. The largest absolute Gasteiger partial charge is 0.707 e. The van der Waals surface area contributed by atoms with Crippen molar-refractivity contribution in [3.8, 4) is 5.75 Å². The molecule has 2 rings (SSSR count). The van der Waals surface area contributed by atoms with Gasteiger partial charge in [-0.3, -0.25) is 5.10 Å². The molecule has 0 fully saturated rings. The summed E-state index contributed by atoms with van der Waals surface area (Å²) in [5.41, 5.74) is 1.71. The van der Waals surface area contributed by atoms with E-state index in [0.29, 0.717) is 5.75 Å². The van der Waals surface area contributed by atoms with Gasteiger partial charge >= 0.3 is 7.32 Å². The van der Waals surface area contributed by atoms with E-state index in [1.165, 1.54) is 0 Å². The molecule has 3 N–H and O–H groups in total. The highest BCUT2D eigenvalue weighted by atomic mass is 16.6. The highest BCUT2D eigenvalue weighted by Crippen LogP contribution is 2.23. The third-order valence-electron chi connectivity index (χ3n) is 1.97. The Balaban J connectivity index is 2.48.